The lowest BCUT2D eigenvalue weighted by atomic mass is 9.69. The van der Waals surface area contributed by atoms with Gasteiger partial charge in [-0.05, 0) is 18.3 Å². The Kier molecular flexibility index (Phi) is 5.05. The van der Waals surface area contributed by atoms with E-state index >= 15 is 0 Å². The molecule has 106 valence electrons. The van der Waals surface area contributed by atoms with Crippen molar-refractivity contribution in [3.05, 3.63) is 0 Å². The molecular weight excluding hydrogens is 228 g/mol. The van der Waals surface area contributed by atoms with Gasteiger partial charge in [-0.3, -0.25) is 0 Å². The molecule has 3 heteroatoms. The highest BCUT2D eigenvalue weighted by Crippen LogP contribution is 2.41. The molecule has 0 amide bonds. The van der Waals surface area contributed by atoms with Crippen LogP contribution < -0.4 is 0 Å². The molecule has 0 aromatic heterocycles. The maximum Gasteiger partial charge on any atom is 0.0982 e. The molecule has 0 aromatic carbocycles. The van der Waals surface area contributed by atoms with Crippen molar-refractivity contribution in [2.45, 2.75) is 63.6 Å². The van der Waals surface area contributed by atoms with Gasteiger partial charge in [0.2, 0.25) is 0 Å². The molecule has 1 N–H and O–H groups in total. The summed E-state index contributed by atoms with van der Waals surface area (Å²) in [5.74, 6) is 1.09. The van der Waals surface area contributed by atoms with Crippen LogP contribution in [-0.2, 0) is 9.47 Å². The van der Waals surface area contributed by atoms with E-state index in [1.807, 2.05) is 0 Å². The van der Waals surface area contributed by atoms with Crippen LogP contribution in [0.4, 0.5) is 0 Å². The molecule has 2 rings (SSSR count). The van der Waals surface area contributed by atoms with E-state index in [4.69, 9.17) is 9.47 Å². The zero-order chi connectivity index (χ0) is 13.0. The van der Waals surface area contributed by atoms with Crippen molar-refractivity contribution >= 4 is 0 Å². The van der Waals surface area contributed by atoms with E-state index in [1.165, 1.54) is 25.7 Å². The van der Waals surface area contributed by atoms with E-state index < -0.39 is 0 Å². The molecule has 1 saturated carbocycles. The molecule has 0 aromatic rings. The summed E-state index contributed by atoms with van der Waals surface area (Å²) in [6.07, 6.45) is 7.53. The lowest BCUT2D eigenvalue weighted by Gasteiger charge is -2.46. The zero-order valence-corrected chi connectivity index (χ0v) is 11.9. The Morgan fingerprint density at radius 2 is 1.94 bits per heavy atom. The number of hydrogen-bond acceptors (Lipinski definition) is 3. The highest BCUT2D eigenvalue weighted by molar-refractivity contribution is 4.96. The van der Waals surface area contributed by atoms with Gasteiger partial charge in [0.1, 0.15) is 0 Å². The minimum atomic E-state index is -0.353. The van der Waals surface area contributed by atoms with Gasteiger partial charge in [0, 0.05) is 33.2 Å². The molecule has 0 bridgehead atoms. The fourth-order valence-corrected chi connectivity index (χ4v) is 3.89. The smallest absolute Gasteiger partial charge is 0.0982 e. The Morgan fingerprint density at radius 3 is 2.56 bits per heavy atom. The van der Waals surface area contributed by atoms with E-state index in [-0.39, 0.29) is 11.7 Å². The fourth-order valence-electron chi connectivity index (χ4n) is 3.89. The third kappa shape index (κ3) is 2.73. The molecule has 3 unspecified atom stereocenters. The predicted octanol–water partition coefficient (Wildman–Crippen LogP) is 2.76. The molecule has 1 aliphatic heterocycles. The molecule has 0 radical (unpaired) electrons. The van der Waals surface area contributed by atoms with Gasteiger partial charge in [0.05, 0.1) is 11.7 Å². The fraction of sp³-hybridized carbons (Fsp3) is 1.00. The van der Waals surface area contributed by atoms with Crippen molar-refractivity contribution in [3.8, 4) is 0 Å². The molecule has 0 spiro atoms. The summed E-state index contributed by atoms with van der Waals surface area (Å²) >= 11 is 0. The summed E-state index contributed by atoms with van der Waals surface area (Å²) in [6, 6.07) is 0. The van der Waals surface area contributed by atoms with Gasteiger partial charge in [-0.25, -0.2) is 0 Å². The second-order valence-electron chi connectivity index (χ2n) is 5.94. The highest BCUT2D eigenvalue weighted by atomic mass is 16.5. The summed E-state index contributed by atoms with van der Waals surface area (Å²) < 4.78 is 11.2. The van der Waals surface area contributed by atoms with E-state index in [2.05, 4.69) is 6.92 Å². The first-order chi connectivity index (χ1) is 8.73. The van der Waals surface area contributed by atoms with Crippen molar-refractivity contribution in [2.75, 3.05) is 20.3 Å². The monoisotopic (exact) mass is 256 g/mol. The summed E-state index contributed by atoms with van der Waals surface area (Å²) in [7, 11) is 1.75. The predicted molar refractivity (Wildman–Crippen MR) is 71.5 cm³/mol. The number of methoxy groups -OCH3 is 1. The maximum absolute atomic E-state index is 10.9. The second-order valence-corrected chi connectivity index (χ2v) is 5.94. The standard InChI is InChI=1S/C15H28O3/c1-3-12-6-4-5-7-13(12)14(16)15(17-2)8-10-18-11-9-15/h12-14,16H,3-11H2,1-2H3. The second kappa shape index (κ2) is 6.36. The number of aliphatic hydroxyl groups excluding tert-OH is 1. The number of aliphatic hydroxyl groups is 1. The van der Waals surface area contributed by atoms with Crippen molar-refractivity contribution in [1.29, 1.82) is 0 Å². The van der Waals surface area contributed by atoms with Crippen LogP contribution in [0, 0.1) is 11.8 Å². The molecule has 3 nitrogen and oxygen atoms in total. The normalized spacial score (nSPS) is 34.2. The number of ether oxygens (including phenoxy) is 2. The number of hydrogen-bond donors (Lipinski definition) is 1. The van der Waals surface area contributed by atoms with Gasteiger partial charge in [0.15, 0.2) is 0 Å². The largest absolute Gasteiger partial charge is 0.390 e. The van der Waals surface area contributed by atoms with Crippen LogP contribution in [0.2, 0.25) is 0 Å². The molecule has 1 saturated heterocycles. The maximum atomic E-state index is 10.9. The zero-order valence-electron chi connectivity index (χ0n) is 11.9. The SMILES string of the molecule is CCC1CCCCC1C(O)C1(OC)CCOCC1. The van der Waals surface area contributed by atoms with Crippen LogP contribution >= 0.6 is 0 Å². The lowest BCUT2D eigenvalue weighted by molar-refractivity contribution is -0.176. The van der Waals surface area contributed by atoms with Gasteiger partial charge in [0.25, 0.3) is 0 Å². The molecule has 1 heterocycles. The van der Waals surface area contributed by atoms with Crippen molar-refractivity contribution in [2.24, 2.45) is 11.8 Å². The molecule has 3 atom stereocenters. The van der Waals surface area contributed by atoms with Gasteiger partial charge in [-0.15, -0.1) is 0 Å². The minimum absolute atomic E-state index is 0.323. The molecular formula is C15H28O3. The Balaban J connectivity index is 2.08. The Hall–Kier alpha value is -0.120. The summed E-state index contributed by atoms with van der Waals surface area (Å²) in [6.45, 7) is 3.68. The van der Waals surface area contributed by atoms with E-state index in [1.54, 1.807) is 7.11 Å². The summed E-state index contributed by atoms with van der Waals surface area (Å²) in [4.78, 5) is 0. The molecule has 1 aliphatic carbocycles. The van der Waals surface area contributed by atoms with Crippen LogP contribution in [0.3, 0.4) is 0 Å². The Morgan fingerprint density at radius 1 is 1.28 bits per heavy atom. The quantitative estimate of drug-likeness (QED) is 0.840. The van der Waals surface area contributed by atoms with Gasteiger partial charge < -0.3 is 14.6 Å². The van der Waals surface area contributed by atoms with Crippen LogP contribution in [0.1, 0.15) is 51.9 Å². The van der Waals surface area contributed by atoms with Crippen LogP contribution in [0.5, 0.6) is 0 Å². The third-order valence-corrected chi connectivity index (χ3v) is 5.18. The van der Waals surface area contributed by atoms with Gasteiger partial charge in [-0.2, -0.15) is 0 Å². The van der Waals surface area contributed by atoms with Gasteiger partial charge >= 0.3 is 0 Å². The van der Waals surface area contributed by atoms with Crippen LogP contribution in [-0.4, -0.2) is 37.1 Å². The van der Waals surface area contributed by atoms with E-state index in [0.717, 1.165) is 19.3 Å². The lowest BCUT2D eigenvalue weighted by Crippen LogP contribution is -2.53. The van der Waals surface area contributed by atoms with Crippen molar-refractivity contribution < 1.29 is 14.6 Å². The minimum Gasteiger partial charge on any atom is -0.390 e. The Bertz CT molecular complexity index is 248. The highest BCUT2D eigenvalue weighted by Gasteiger charge is 2.45. The van der Waals surface area contributed by atoms with Crippen LogP contribution in [0.15, 0.2) is 0 Å². The molecule has 2 aliphatic rings. The van der Waals surface area contributed by atoms with Gasteiger partial charge in [-0.1, -0.05) is 32.6 Å². The first-order valence-corrected chi connectivity index (χ1v) is 7.54. The third-order valence-electron chi connectivity index (χ3n) is 5.18. The average Bonchev–Trinajstić information content (AvgIpc) is 2.47. The van der Waals surface area contributed by atoms with Crippen molar-refractivity contribution in [1.82, 2.24) is 0 Å². The topological polar surface area (TPSA) is 38.7 Å². The number of rotatable bonds is 4. The van der Waals surface area contributed by atoms with E-state index in [9.17, 15) is 5.11 Å². The summed E-state index contributed by atoms with van der Waals surface area (Å²) in [5, 5.41) is 10.9. The first kappa shape index (κ1) is 14.3. The first-order valence-electron chi connectivity index (χ1n) is 7.54. The molecule has 18 heavy (non-hydrogen) atoms. The molecule has 2 fully saturated rings. The average molecular weight is 256 g/mol. The summed E-state index contributed by atoms with van der Waals surface area (Å²) in [5.41, 5.74) is -0.353. The van der Waals surface area contributed by atoms with Crippen molar-refractivity contribution in [3.63, 3.8) is 0 Å². The Labute approximate surface area is 111 Å². The van der Waals surface area contributed by atoms with E-state index in [0.29, 0.717) is 25.0 Å². The van der Waals surface area contributed by atoms with Crippen LogP contribution in [0.25, 0.3) is 0 Å².